The van der Waals surface area contributed by atoms with E-state index < -0.39 is 46.4 Å². The molecular weight excluding hydrogens is 433 g/mol. The molecule has 2 aromatic rings. The number of nitrogens with zero attached hydrogens (tertiary/aromatic N) is 2. The number of halogens is 4. The van der Waals surface area contributed by atoms with Gasteiger partial charge in [0, 0.05) is 32.7 Å². The van der Waals surface area contributed by atoms with Crippen LogP contribution in [0.3, 0.4) is 0 Å². The molecule has 1 aromatic carbocycles. The number of carbonyl (C=O) groups is 2. The summed E-state index contributed by atoms with van der Waals surface area (Å²) in [5.41, 5.74) is -3.83. The second-order valence-electron chi connectivity index (χ2n) is 6.09. The lowest BCUT2D eigenvalue weighted by Crippen LogP contribution is -2.41. The average molecular weight is 451 g/mol. The first kappa shape index (κ1) is 25.1. The molecule has 1 atom stereocenters. The van der Waals surface area contributed by atoms with Crippen LogP contribution >= 0.6 is 11.6 Å². The van der Waals surface area contributed by atoms with Crippen molar-refractivity contribution in [2.75, 3.05) is 7.11 Å². The Morgan fingerprint density at radius 1 is 1.30 bits per heavy atom. The Labute approximate surface area is 173 Å². The summed E-state index contributed by atoms with van der Waals surface area (Å²) in [6, 6.07) is 2.20. The molecule has 0 spiro atoms. The van der Waals surface area contributed by atoms with Crippen LogP contribution in [-0.2, 0) is 22.5 Å². The van der Waals surface area contributed by atoms with Crippen molar-refractivity contribution in [3.63, 3.8) is 0 Å². The maximum absolute atomic E-state index is 14.0. The van der Waals surface area contributed by atoms with Crippen LogP contribution in [0.1, 0.15) is 29.9 Å². The third kappa shape index (κ3) is 5.57. The normalized spacial score (nSPS) is 12.0. The van der Waals surface area contributed by atoms with Crippen LogP contribution in [0.4, 0.5) is 13.2 Å². The summed E-state index contributed by atoms with van der Waals surface area (Å²) in [7, 11) is 2.39. The molecule has 8 nitrogen and oxygen atoms in total. The van der Waals surface area contributed by atoms with Crippen LogP contribution in [0, 0.1) is 5.82 Å². The lowest BCUT2D eigenvalue weighted by molar-refractivity contribution is -0.147. The predicted octanol–water partition coefficient (Wildman–Crippen LogP) is 2.36. The van der Waals surface area contributed by atoms with Gasteiger partial charge in [0.2, 0.25) is 0 Å². The molecule has 1 heterocycles. The summed E-state index contributed by atoms with van der Waals surface area (Å²) >= 11 is 5.64. The van der Waals surface area contributed by atoms with Gasteiger partial charge in [-0.1, -0.05) is 11.6 Å². The minimum atomic E-state index is -3.43. The molecule has 30 heavy (non-hydrogen) atoms. The number of benzene rings is 1. The largest absolute Gasteiger partial charge is 0.479 e. The molecule has 0 bridgehead atoms. The van der Waals surface area contributed by atoms with Crippen molar-refractivity contribution in [3.8, 4) is 5.69 Å². The highest BCUT2D eigenvalue weighted by Gasteiger charge is 2.29. The molecule has 0 radical (unpaired) electrons. The van der Waals surface area contributed by atoms with Gasteiger partial charge in [-0.2, -0.15) is 0 Å². The van der Waals surface area contributed by atoms with E-state index in [4.69, 9.17) is 16.7 Å². The van der Waals surface area contributed by atoms with Crippen LogP contribution in [0.5, 0.6) is 0 Å². The molecule has 0 aliphatic carbocycles. The number of hydrogen-bond donors (Lipinski definition) is 1. The molecule has 0 saturated carbocycles. The predicted molar refractivity (Wildman–Crippen MR) is 101 cm³/mol. The summed E-state index contributed by atoms with van der Waals surface area (Å²) < 4.78 is 46.2. The van der Waals surface area contributed by atoms with Gasteiger partial charge in [0.25, 0.3) is 11.5 Å². The zero-order valence-corrected chi connectivity index (χ0v) is 17.0. The molecule has 12 heteroatoms. The molecule has 0 fully saturated rings. The quantitative estimate of drug-likeness (QED) is 0.701. The van der Waals surface area contributed by atoms with E-state index >= 15 is 0 Å². The standard InChI is InChI=1S/C14H10ClF3N2O3.C4H8O3/c1-14(17,18)11-5-12(22)20(13(23)19(11)2)10-3-7(6-21)8(15)4-9(10)16;1-3(7-2)4(5)6/h3-6H,1-2H3;3H,1-2H3,(H,5,6). The number of aldehydes is 1. The van der Waals surface area contributed by atoms with E-state index in [1.807, 2.05) is 0 Å². The van der Waals surface area contributed by atoms with Gasteiger partial charge in [-0.25, -0.2) is 27.3 Å². The first-order chi connectivity index (χ1) is 13.8. The molecule has 1 unspecified atom stereocenters. The van der Waals surface area contributed by atoms with Gasteiger partial charge < -0.3 is 9.84 Å². The van der Waals surface area contributed by atoms with Crippen LogP contribution in [0.25, 0.3) is 5.69 Å². The zero-order chi connectivity index (χ0) is 23.4. The van der Waals surface area contributed by atoms with Gasteiger partial charge in [0.1, 0.15) is 5.82 Å². The van der Waals surface area contributed by atoms with Crippen LogP contribution < -0.4 is 11.2 Å². The van der Waals surface area contributed by atoms with Crippen molar-refractivity contribution in [1.82, 2.24) is 9.13 Å². The number of carbonyl (C=O) groups excluding carboxylic acids is 1. The number of aromatic nitrogens is 2. The lowest BCUT2D eigenvalue weighted by atomic mass is 10.2. The maximum Gasteiger partial charge on any atom is 0.335 e. The summed E-state index contributed by atoms with van der Waals surface area (Å²) in [4.78, 5) is 44.9. The summed E-state index contributed by atoms with van der Waals surface area (Å²) in [6.45, 7) is 2.00. The molecule has 2 rings (SSSR count). The summed E-state index contributed by atoms with van der Waals surface area (Å²) in [5.74, 6) is -5.41. The Morgan fingerprint density at radius 3 is 2.27 bits per heavy atom. The molecule has 164 valence electrons. The summed E-state index contributed by atoms with van der Waals surface area (Å²) in [6.07, 6.45) is -0.366. The Balaban J connectivity index is 0.000000553. The smallest absolute Gasteiger partial charge is 0.335 e. The van der Waals surface area contributed by atoms with Gasteiger partial charge in [0.15, 0.2) is 12.4 Å². The lowest BCUT2D eigenvalue weighted by Gasteiger charge is -2.16. The van der Waals surface area contributed by atoms with E-state index in [9.17, 15) is 32.3 Å². The third-order valence-electron chi connectivity index (χ3n) is 3.91. The number of carboxylic acids is 1. The first-order valence-corrected chi connectivity index (χ1v) is 8.55. The molecule has 1 N–H and O–H groups in total. The average Bonchev–Trinajstić information content (AvgIpc) is 2.65. The van der Waals surface area contributed by atoms with Crippen molar-refractivity contribution in [2.24, 2.45) is 7.05 Å². The topological polar surface area (TPSA) is 108 Å². The number of aliphatic carboxylic acids is 1. The van der Waals surface area contributed by atoms with Gasteiger partial charge in [0.05, 0.1) is 16.4 Å². The van der Waals surface area contributed by atoms with E-state index in [0.29, 0.717) is 28.4 Å². The van der Waals surface area contributed by atoms with Gasteiger partial charge in [-0.3, -0.25) is 14.2 Å². The third-order valence-corrected chi connectivity index (χ3v) is 4.23. The molecule has 0 saturated heterocycles. The van der Waals surface area contributed by atoms with Crippen molar-refractivity contribution in [2.45, 2.75) is 25.9 Å². The van der Waals surface area contributed by atoms with Crippen LogP contribution in [0.15, 0.2) is 27.8 Å². The minimum absolute atomic E-state index is 0.151. The van der Waals surface area contributed by atoms with E-state index in [1.54, 1.807) is 0 Å². The number of alkyl halides is 2. The second kappa shape index (κ2) is 9.72. The summed E-state index contributed by atoms with van der Waals surface area (Å²) in [5, 5.41) is 7.85. The number of rotatable bonds is 5. The van der Waals surface area contributed by atoms with Crippen molar-refractivity contribution in [3.05, 3.63) is 61.1 Å². The SMILES string of the molecule is COC(C)C(=O)O.Cn1c(C(C)(F)F)cc(=O)n(-c2cc(C=O)c(Cl)cc2F)c1=O. The highest BCUT2D eigenvalue weighted by Crippen LogP contribution is 2.25. The van der Waals surface area contributed by atoms with E-state index in [-0.39, 0.29) is 10.6 Å². The Bertz CT molecular complexity index is 1080. The van der Waals surface area contributed by atoms with Gasteiger partial charge >= 0.3 is 11.7 Å². The van der Waals surface area contributed by atoms with E-state index in [2.05, 4.69) is 4.74 Å². The van der Waals surface area contributed by atoms with Gasteiger partial charge in [-0.05, 0) is 19.1 Å². The van der Waals surface area contributed by atoms with Gasteiger partial charge in [-0.15, -0.1) is 0 Å². The van der Waals surface area contributed by atoms with Crippen molar-refractivity contribution in [1.29, 1.82) is 0 Å². The first-order valence-electron chi connectivity index (χ1n) is 8.17. The fourth-order valence-corrected chi connectivity index (χ4v) is 2.38. The van der Waals surface area contributed by atoms with E-state index in [1.165, 1.54) is 14.0 Å². The fourth-order valence-electron chi connectivity index (χ4n) is 2.18. The molecular formula is C18H18ClF3N2O6. The molecule has 0 aliphatic heterocycles. The number of hydrogen-bond acceptors (Lipinski definition) is 5. The number of carboxylic acid groups (broad SMARTS) is 1. The highest BCUT2D eigenvalue weighted by atomic mass is 35.5. The Hall–Kier alpha value is -2.92. The van der Waals surface area contributed by atoms with Crippen LogP contribution in [-0.4, -0.2) is 39.7 Å². The fraction of sp³-hybridized carbons (Fsp3) is 0.333. The molecule has 0 amide bonds. The maximum atomic E-state index is 14.0. The minimum Gasteiger partial charge on any atom is -0.479 e. The monoisotopic (exact) mass is 450 g/mol. The number of methoxy groups -OCH3 is 1. The Kier molecular flexibility index (Phi) is 8.14. The Morgan fingerprint density at radius 2 is 1.87 bits per heavy atom. The molecule has 0 aliphatic rings. The van der Waals surface area contributed by atoms with E-state index in [0.717, 1.165) is 19.2 Å². The zero-order valence-electron chi connectivity index (χ0n) is 16.3. The molecule has 1 aromatic heterocycles. The highest BCUT2D eigenvalue weighted by molar-refractivity contribution is 6.33. The van der Waals surface area contributed by atoms with Crippen molar-refractivity contribution >= 4 is 23.9 Å². The van der Waals surface area contributed by atoms with Crippen molar-refractivity contribution < 1.29 is 32.6 Å². The second-order valence-corrected chi connectivity index (χ2v) is 6.50. The number of ether oxygens (including phenoxy) is 1. The van der Waals surface area contributed by atoms with Crippen LogP contribution in [0.2, 0.25) is 5.02 Å².